The summed E-state index contributed by atoms with van der Waals surface area (Å²) in [6.45, 7) is 4.81. The molecule has 3 saturated carbocycles. The van der Waals surface area contributed by atoms with Gasteiger partial charge in [0.15, 0.2) is 11.6 Å². The normalized spacial score (nSPS) is 37.2. The van der Waals surface area contributed by atoms with Crippen LogP contribution in [0, 0.1) is 47.1 Å². The predicted octanol–water partition coefficient (Wildman–Crippen LogP) is 7.73. The summed E-state index contributed by atoms with van der Waals surface area (Å²) in [7, 11) is 0. The molecule has 3 aliphatic rings. The van der Waals surface area contributed by atoms with Crippen molar-refractivity contribution in [3.05, 3.63) is 35.4 Å². The highest BCUT2D eigenvalue weighted by Gasteiger charge is 2.39. The van der Waals surface area contributed by atoms with Gasteiger partial charge in [-0.3, -0.25) is 0 Å². The molecule has 2 heteroatoms. The molecule has 0 saturated heterocycles. The van der Waals surface area contributed by atoms with Crippen LogP contribution in [0.5, 0.6) is 0 Å². The second kappa shape index (κ2) is 8.21. The zero-order valence-electron chi connectivity index (χ0n) is 17.1. The van der Waals surface area contributed by atoms with Crippen molar-refractivity contribution >= 4 is 0 Å². The molecule has 0 amide bonds. The number of rotatable bonds is 3. The number of hydrogen-bond acceptors (Lipinski definition) is 0. The van der Waals surface area contributed by atoms with E-state index in [0.717, 1.165) is 53.9 Å². The van der Waals surface area contributed by atoms with Gasteiger partial charge in [0, 0.05) is 0 Å². The van der Waals surface area contributed by atoms with E-state index in [4.69, 9.17) is 0 Å². The summed E-state index contributed by atoms with van der Waals surface area (Å²) in [5.41, 5.74) is 1.00. The maximum atomic E-state index is 13.6. The van der Waals surface area contributed by atoms with Gasteiger partial charge in [-0.15, -0.1) is 0 Å². The summed E-state index contributed by atoms with van der Waals surface area (Å²) in [6.07, 6.45) is 13.6. The molecule has 3 fully saturated rings. The average Bonchev–Trinajstić information content (AvgIpc) is 2.69. The molecule has 3 aliphatic carbocycles. The van der Waals surface area contributed by atoms with Gasteiger partial charge in [-0.1, -0.05) is 19.9 Å². The molecule has 0 aliphatic heterocycles. The Morgan fingerprint density at radius 3 is 1.96 bits per heavy atom. The second-order valence-corrected chi connectivity index (χ2v) is 10.2. The molecule has 4 atom stereocenters. The van der Waals surface area contributed by atoms with Crippen molar-refractivity contribution in [2.24, 2.45) is 35.5 Å². The third-order valence-electron chi connectivity index (χ3n) is 8.49. The van der Waals surface area contributed by atoms with Crippen LogP contribution in [-0.2, 0) is 0 Å². The van der Waals surface area contributed by atoms with Crippen LogP contribution in [0.25, 0.3) is 0 Å². The van der Waals surface area contributed by atoms with E-state index in [2.05, 4.69) is 13.8 Å². The molecular formula is C25H36F2. The molecule has 0 N–H and O–H groups in total. The van der Waals surface area contributed by atoms with Gasteiger partial charge in [0.1, 0.15) is 0 Å². The summed E-state index contributed by atoms with van der Waals surface area (Å²) < 4.78 is 26.8. The lowest BCUT2D eigenvalue weighted by Crippen LogP contribution is -2.35. The Hall–Kier alpha value is -0.920. The van der Waals surface area contributed by atoms with Crippen LogP contribution in [0.2, 0.25) is 0 Å². The van der Waals surface area contributed by atoms with Gasteiger partial charge in [0.05, 0.1) is 0 Å². The third kappa shape index (κ3) is 4.25. The summed E-state index contributed by atoms with van der Waals surface area (Å²) in [5.74, 6) is 4.62. The molecular weight excluding hydrogens is 338 g/mol. The lowest BCUT2D eigenvalue weighted by molar-refractivity contribution is 0.0534. The van der Waals surface area contributed by atoms with Crippen LogP contribution < -0.4 is 0 Å². The molecule has 0 bridgehead atoms. The minimum atomic E-state index is -0.726. The molecule has 0 radical (unpaired) electrons. The fraction of sp³-hybridized carbons (Fsp3) is 0.760. The molecule has 0 aromatic heterocycles. The van der Waals surface area contributed by atoms with E-state index in [-0.39, 0.29) is 0 Å². The van der Waals surface area contributed by atoms with Crippen molar-refractivity contribution in [1.82, 2.24) is 0 Å². The van der Waals surface area contributed by atoms with E-state index in [0.29, 0.717) is 5.92 Å². The summed E-state index contributed by atoms with van der Waals surface area (Å²) in [5, 5.41) is 0. The molecule has 0 nitrogen and oxygen atoms in total. The van der Waals surface area contributed by atoms with E-state index in [1.807, 2.05) is 0 Å². The highest BCUT2D eigenvalue weighted by atomic mass is 19.2. The first-order valence-corrected chi connectivity index (χ1v) is 11.5. The van der Waals surface area contributed by atoms with Crippen molar-refractivity contribution in [3.63, 3.8) is 0 Å². The maximum Gasteiger partial charge on any atom is 0.159 e. The minimum Gasteiger partial charge on any atom is -0.204 e. The molecule has 4 rings (SSSR count). The Labute approximate surface area is 164 Å². The second-order valence-electron chi connectivity index (χ2n) is 10.2. The predicted molar refractivity (Wildman–Crippen MR) is 108 cm³/mol. The Bertz CT molecular complexity index is 629. The fourth-order valence-electron chi connectivity index (χ4n) is 6.69. The van der Waals surface area contributed by atoms with Crippen LogP contribution >= 0.6 is 0 Å². The topological polar surface area (TPSA) is 0 Å². The highest BCUT2D eigenvalue weighted by molar-refractivity contribution is 5.22. The quantitative estimate of drug-likeness (QED) is 0.508. The van der Waals surface area contributed by atoms with Gasteiger partial charge in [-0.05, 0) is 123 Å². The zero-order valence-corrected chi connectivity index (χ0v) is 17.1. The van der Waals surface area contributed by atoms with Crippen molar-refractivity contribution in [1.29, 1.82) is 0 Å². The summed E-state index contributed by atoms with van der Waals surface area (Å²) in [6, 6.07) is 4.52. The third-order valence-corrected chi connectivity index (χ3v) is 8.49. The Morgan fingerprint density at radius 1 is 0.704 bits per heavy atom. The van der Waals surface area contributed by atoms with E-state index >= 15 is 0 Å². The monoisotopic (exact) mass is 374 g/mol. The van der Waals surface area contributed by atoms with E-state index in [1.165, 1.54) is 63.5 Å². The largest absolute Gasteiger partial charge is 0.204 e. The van der Waals surface area contributed by atoms with Crippen LogP contribution in [-0.4, -0.2) is 0 Å². The standard InChI is InChI=1S/C25H36F2/c1-16(2)19-7-8-22-14-20(9-10-21(22)13-19)17-3-5-18(6-4-17)23-11-12-24(26)25(27)15-23/h11-12,15-22H,3-10,13-14H2,1-2H3/t17?,18?,19-,20+,21-,22+/m0/s1. The van der Waals surface area contributed by atoms with Crippen LogP contribution in [0.15, 0.2) is 18.2 Å². The lowest BCUT2D eigenvalue weighted by atomic mass is 9.60. The summed E-state index contributed by atoms with van der Waals surface area (Å²) in [4.78, 5) is 0. The van der Waals surface area contributed by atoms with E-state index in [1.54, 1.807) is 6.07 Å². The molecule has 1 aromatic rings. The van der Waals surface area contributed by atoms with Crippen LogP contribution in [0.3, 0.4) is 0 Å². The average molecular weight is 375 g/mol. The lowest BCUT2D eigenvalue weighted by Gasteiger charge is -2.46. The Balaban J connectivity index is 1.30. The molecule has 0 spiro atoms. The molecule has 150 valence electrons. The van der Waals surface area contributed by atoms with Gasteiger partial charge in [0.25, 0.3) is 0 Å². The first-order chi connectivity index (χ1) is 13.0. The van der Waals surface area contributed by atoms with Crippen molar-refractivity contribution < 1.29 is 8.78 Å². The zero-order chi connectivity index (χ0) is 19.0. The van der Waals surface area contributed by atoms with E-state index < -0.39 is 11.6 Å². The molecule has 0 unspecified atom stereocenters. The summed E-state index contributed by atoms with van der Waals surface area (Å²) >= 11 is 0. The number of fused-ring (bicyclic) bond motifs is 1. The molecule has 0 heterocycles. The van der Waals surface area contributed by atoms with Gasteiger partial charge in [-0.2, -0.15) is 0 Å². The van der Waals surface area contributed by atoms with Crippen molar-refractivity contribution in [2.45, 2.75) is 84.0 Å². The minimum absolute atomic E-state index is 0.425. The van der Waals surface area contributed by atoms with Gasteiger partial charge in [0.2, 0.25) is 0 Å². The fourth-order valence-corrected chi connectivity index (χ4v) is 6.69. The Kier molecular flexibility index (Phi) is 5.90. The van der Waals surface area contributed by atoms with Gasteiger partial charge < -0.3 is 0 Å². The number of halogens is 2. The molecule has 27 heavy (non-hydrogen) atoms. The van der Waals surface area contributed by atoms with Gasteiger partial charge >= 0.3 is 0 Å². The molecule has 1 aromatic carbocycles. The Morgan fingerprint density at radius 2 is 1.30 bits per heavy atom. The highest BCUT2D eigenvalue weighted by Crippen LogP contribution is 2.50. The first-order valence-electron chi connectivity index (χ1n) is 11.5. The number of benzene rings is 1. The first kappa shape index (κ1) is 19.4. The van der Waals surface area contributed by atoms with E-state index in [9.17, 15) is 8.78 Å². The van der Waals surface area contributed by atoms with Crippen molar-refractivity contribution in [2.75, 3.05) is 0 Å². The van der Waals surface area contributed by atoms with Crippen molar-refractivity contribution in [3.8, 4) is 0 Å². The van der Waals surface area contributed by atoms with Gasteiger partial charge in [-0.25, -0.2) is 8.78 Å². The van der Waals surface area contributed by atoms with Crippen LogP contribution in [0.1, 0.15) is 89.5 Å². The van der Waals surface area contributed by atoms with Crippen LogP contribution in [0.4, 0.5) is 8.78 Å². The maximum absolute atomic E-state index is 13.6. The smallest absolute Gasteiger partial charge is 0.159 e. The SMILES string of the molecule is CC(C)[C@H]1CC[C@@H]2C[C@H](C3CCC(c4ccc(F)c(F)c4)CC3)CC[C@H]2C1. The number of hydrogen-bond donors (Lipinski definition) is 0.